The first kappa shape index (κ1) is 20.2. The van der Waals surface area contributed by atoms with Crippen molar-refractivity contribution in [3.05, 3.63) is 44.9 Å². The molecule has 2 N–H and O–H groups in total. The number of ether oxygens (including phenoxy) is 2. The highest BCUT2D eigenvalue weighted by Gasteiger charge is 2.47. The van der Waals surface area contributed by atoms with E-state index in [-0.39, 0.29) is 29.7 Å². The molecular weight excluding hydrogens is 426 g/mol. The summed E-state index contributed by atoms with van der Waals surface area (Å²) in [6.07, 6.45) is 3.87. The molecule has 5 rings (SSSR count). The SMILES string of the molecule is O=C(O)c1csc([C@H]2CC[C@@H]3[C@@H](COc4ccc(Cl)c(C5CC5)c4)[C@@H](O)C[C@@H]3O2)n1. The van der Waals surface area contributed by atoms with E-state index in [1.165, 1.54) is 24.2 Å². The van der Waals surface area contributed by atoms with E-state index in [0.29, 0.717) is 24.0 Å². The molecule has 0 spiro atoms. The second-order valence-electron chi connectivity index (χ2n) is 8.52. The van der Waals surface area contributed by atoms with Crippen molar-refractivity contribution < 1.29 is 24.5 Å². The summed E-state index contributed by atoms with van der Waals surface area (Å²) >= 11 is 7.63. The predicted octanol–water partition coefficient (Wildman–Crippen LogP) is 4.67. The van der Waals surface area contributed by atoms with Gasteiger partial charge in [-0.1, -0.05) is 11.6 Å². The Morgan fingerprint density at radius 1 is 1.30 bits per heavy atom. The van der Waals surface area contributed by atoms with Crippen molar-refractivity contribution in [3.8, 4) is 5.75 Å². The topological polar surface area (TPSA) is 88.9 Å². The van der Waals surface area contributed by atoms with Crippen LogP contribution in [-0.4, -0.2) is 40.0 Å². The number of carbonyl (C=O) groups is 1. The predicted molar refractivity (Wildman–Crippen MR) is 112 cm³/mol. The molecule has 1 aliphatic heterocycles. The number of hydrogen-bond donors (Lipinski definition) is 2. The number of halogens is 1. The Bertz CT molecular complexity index is 945. The maximum Gasteiger partial charge on any atom is 0.355 e. The molecule has 3 fully saturated rings. The summed E-state index contributed by atoms with van der Waals surface area (Å²) in [5, 5.41) is 22.8. The average molecular weight is 450 g/mol. The van der Waals surface area contributed by atoms with Gasteiger partial charge < -0.3 is 19.7 Å². The first-order valence-electron chi connectivity index (χ1n) is 10.4. The summed E-state index contributed by atoms with van der Waals surface area (Å²) in [6.45, 7) is 0.447. The highest BCUT2D eigenvalue weighted by molar-refractivity contribution is 7.09. The number of rotatable bonds is 6. The molecule has 0 bridgehead atoms. The normalized spacial score (nSPS) is 30.8. The zero-order valence-electron chi connectivity index (χ0n) is 16.4. The molecule has 1 saturated heterocycles. The lowest BCUT2D eigenvalue weighted by Crippen LogP contribution is -2.33. The van der Waals surface area contributed by atoms with E-state index in [4.69, 9.17) is 26.2 Å². The smallest absolute Gasteiger partial charge is 0.355 e. The molecular formula is C22H24ClNO5S. The molecule has 3 aliphatic rings. The number of aromatic carboxylic acids is 1. The summed E-state index contributed by atoms with van der Waals surface area (Å²) in [6, 6.07) is 5.82. The number of aromatic nitrogens is 1. The third-order valence-electron chi connectivity index (χ3n) is 6.54. The highest BCUT2D eigenvalue weighted by atomic mass is 35.5. The van der Waals surface area contributed by atoms with Crippen molar-refractivity contribution in [2.75, 3.05) is 6.61 Å². The van der Waals surface area contributed by atoms with Crippen LogP contribution in [0.15, 0.2) is 23.6 Å². The molecule has 0 unspecified atom stereocenters. The molecule has 5 atom stereocenters. The Balaban J connectivity index is 1.22. The molecule has 30 heavy (non-hydrogen) atoms. The Morgan fingerprint density at radius 2 is 2.13 bits per heavy atom. The third-order valence-corrected chi connectivity index (χ3v) is 7.82. The number of carboxylic acids is 1. The summed E-state index contributed by atoms with van der Waals surface area (Å²) < 4.78 is 12.3. The molecule has 160 valence electrons. The quantitative estimate of drug-likeness (QED) is 0.666. The van der Waals surface area contributed by atoms with Gasteiger partial charge in [0.15, 0.2) is 5.69 Å². The standard InChI is InChI=1S/C22H24ClNO5S/c23-16-5-3-12(7-14(16)11-1-2-11)28-9-15-13-4-6-19(29-20(13)8-18(15)25)21-24-17(10-30-21)22(26)27/h3,5,7,10-11,13,15,18-20,25H,1-2,4,6,8-9H2,(H,26,27)/t13-,15-,18+,19-,20+/m1/s1. The molecule has 0 radical (unpaired) electrons. The fourth-order valence-corrected chi connectivity index (χ4v) is 5.92. The lowest BCUT2D eigenvalue weighted by molar-refractivity contribution is -0.0811. The highest BCUT2D eigenvalue weighted by Crippen LogP contribution is 2.47. The minimum atomic E-state index is -1.02. The number of benzene rings is 1. The maximum absolute atomic E-state index is 11.1. The number of hydrogen-bond acceptors (Lipinski definition) is 6. The Labute approximate surface area is 183 Å². The largest absolute Gasteiger partial charge is 0.493 e. The minimum Gasteiger partial charge on any atom is -0.493 e. The monoisotopic (exact) mass is 449 g/mol. The first-order chi connectivity index (χ1) is 14.5. The Hall–Kier alpha value is -1.67. The summed E-state index contributed by atoms with van der Waals surface area (Å²) in [4.78, 5) is 15.3. The van der Waals surface area contributed by atoms with Gasteiger partial charge >= 0.3 is 5.97 Å². The van der Waals surface area contributed by atoms with E-state index < -0.39 is 12.1 Å². The van der Waals surface area contributed by atoms with Gasteiger partial charge in [-0.15, -0.1) is 11.3 Å². The van der Waals surface area contributed by atoms with Crippen molar-refractivity contribution in [1.82, 2.24) is 4.98 Å². The summed E-state index contributed by atoms with van der Waals surface area (Å²) in [5.41, 5.74) is 1.22. The van der Waals surface area contributed by atoms with Crippen LogP contribution in [0.25, 0.3) is 0 Å². The minimum absolute atomic E-state index is 0.0156. The number of nitrogens with zero attached hydrogens (tertiary/aromatic N) is 1. The second-order valence-corrected chi connectivity index (χ2v) is 9.81. The second kappa shape index (κ2) is 8.11. The Kier molecular flexibility index (Phi) is 5.47. The fraction of sp³-hybridized carbons (Fsp3) is 0.545. The van der Waals surface area contributed by atoms with Gasteiger partial charge in [0.05, 0.1) is 18.8 Å². The molecule has 1 aromatic carbocycles. The van der Waals surface area contributed by atoms with Crippen molar-refractivity contribution in [2.24, 2.45) is 11.8 Å². The maximum atomic E-state index is 11.1. The van der Waals surface area contributed by atoms with Gasteiger partial charge in [-0.25, -0.2) is 9.78 Å². The first-order valence-corrected chi connectivity index (χ1v) is 11.7. The third kappa shape index (κ3) is 3.96. The lowest BCUT2D eigenvalue weighted by Gasteiger charge is -2.33. The van der Waals surface area contributed by atoms with Crippen molar-refractivity contribution in [3.63, 3.8) is 0 Å². The van der Waals surface area contributed by atoms with Crippen LogP contribution in [0.1, 0.15) is 65.2 Å². The zero-order valence-corrected chi connectivity index (χ0v) is 17.9. The number of aliphatic hydroxyl groups excluding tert-OH is 1. The number of aliphatic hydroxyl groups is 1. The average Bonchev–Trinajstić information content (AvgIpc) is 3.35. The van der Waals surface area contributed by atoms with Crippen LogP contribution in [0, 0.1) is 11.8 Å². The van der Waals surface area contributed by atoms with Crippen LogP contribution in [0.3, 0.4) is 0 Å². The van der Waals surface area contributed by atoms with Crippen molar-refractivity contribution in [2.45, 2.75) is 56.3 Å². The van der Waals surface area contributed by atoms with Gasteiger partial charge in [-0.05, 0) is 61.3 Å². The van der Waals surface area contributed by atoms with Crippen LogP contribution < -0.4 is 4.74 Å². The molecule has 1 aromatic heterocycles. The van der Waals surface area contributed by atoms with Crippen molar-refractivity contribution in [1.29, 1.82) is 0 Å². The molecule has 2 saturated carbocycles. The fourth-order valence-electron chi connectivity index (χ4n) is 4.79. The van der Waals surface area contributed by atoms with Crippen molar-refractivity contribution >= 4 is 28.9 Å². The molecule has 0 amide bonds. The van der Waals surface area contributed by atoms with Crippen LogP contribution in [-0.2, 0) is 4.74 Å². The van der Waals surface area contributed by atoms with Gasteiger partial charge in [0.1, 0.15) is 16.9 Å². The molecule has 2 heterocycles. The van der Waals surface area contributed by atoms with Gasteiger partial charge in [0.2, 0.25) is 0 Å². The number of fused-ring (bicyclic) bond motifs is 1. The van der Waals surface area contributed by atoms with Gasteiger partial charge in [-0.3, -0.25) is 0 Å². The van der Waals surface area contributed by atoms with E-state index in [1.54, 1.807) is 5.38 Å². The molecule has 8 heteroatoms. The van der Waals surface area contributed by atoms with E-state index >= 15 is 0 Å². The molecule has 2 aromatic rings. The molecule has 2 aliphatic carbocycles. The summed E-state index contributed by atoms with van der Waals surface area (Å²) in [5.74, 6) is 0.577. The van der Waals surface area contributed by atoms with E-state index in [9.17, 15) is 9.90 Å². The van der Waals surface area contributed by atoms with Gasteiger partial charge in [0.25, 0.3) is 0 Å². The van der Waals surface area contributed by atoms with E-state index in [2.05, 4.69) is 4.98 Å². The Morgan fingerprint density at radius 3 is 2.87 bits per heavy atom. The van der Waals surface area contributed by atoms with Gasteiger partial charge in [0, 0.05) is 22.7 Å². The van der Waals surface area contributed by atoms with Crippen LogP contribution in [0.4, 0.5) is 0 Å². The number of carboxylic acid groups (broad SMARTS) is 1. The van der Waals surface area contributed by atoms with Crippen LogP contribution in [0.5, 0.6) is 5.75 Å². The molecule has 6 nitrogen and oxygen atoms in total. The zero-order chi connectivity index (χ0) is 20.8. The van der Waals surface area contributed by atoms with E-state index in [0.717, 1.165) is 29.2 Å². The summed E-state index contributed by atoms with van der Waals surface area (Å²) in [7, 11) is 0. The lowest BCUT2D eigenvalue weighted by atomic mass is 9.87. The van der Waals surface area contributed by atoms with Crippen LogP contribution in [0.2, 0.25) is 5.02 Å². The van der Waals surface area contributed by atoms with Crippen LogP contribution >= 0.6 is 22.9 Å². The van der Waals surface area contributed by atoms with Gasteiger partial charge in [-0.2, -0.15) is 0 Å². The van der Waals surface area contributed by atoms with E-state index in [1.807, 2.05) is 18.2 Å². The number of thiazole rings is 1.